The molecule has 0 amide bonds. The monoisotopic (exact) mass is 217 g/mol. The summed E-state index contributed by atoms with van der Waals surface area (Å²) in [4.78, 5) is 12.1. The van der Waals surface area contributed by atoms with Crippen molar-refractivity contribution >= 4 is 18.6 Å². The third kappa shape index (κ3) is 3.71. The molecule has 14 heavy (non-hydrogen) atoms. The molecule has 0 aliphatic heterocycles. The highest BCUT2D eigenvalue weighted by molar-refractivity contribution is 7.84. The fourth-order valence-corrected chi connectivity index (χ4v) is 1.08. The maximum Gasteiger partial charge on any atom is 0.320 e. The second kappa shape index (κ2) is 5.56. The number of hydrogen-bond acceptors (Lipinski definition) is 5. The van der Waals surface area contributed by atoms with Crippen molar-refractivity contribution in [1.82, 2.24) is 4.90 Å². The molecule has 80 valence electrons. The van der Waals surface area contributed by atoms with Crippen molar-refractivity contribution in [3.05, 3.63) is 23.5 Å². The van der Waals surface area contributed by atoms with Crippen LogP contribution in [0.2, 0.25) is 0 Å². The van der Waals surface area contributed by atoms with Crippen molar-refractivity contribution < 1.29 is 9.90 Å². The summed E-state index contributed by atoms with van der Waals surface area (Å²) < 4.78 is 0. The zero-order valence-corrected chi connectivity index (χ0v) is 8.87. The van der Waals surface area contributed by atoms with Crippen LogP contribution in [0.5, 0.6) is 0 Å². The standard InChI is InChI=1S/C8H15N3O2S/c1-3-11(2)6(7(10)14)4-5(9)8(12)13/h3,5,14H,1,4,9-10H2,2H3,(H,12,13)/b7-6+. The van der Waals surface area contributed by atoms with E-state index in [-0.39, 0.29) is 11.4 Å². The van der Waals surface area contributed by atoms with Crippen LogP contribution in [-0.2, 0) is 4.79 Å². The van der Waals surface area contributed by atoms with Gasteiger partial charge in [0, 0.05) is 19.2 Å². The molecule has 0 fully saturated rings. The molecule has 0 saturated carbocycles. The fraction of sp³-hybridized carbons (Fsp3) is 0.375. The second-order valence-electron chi connectivity index (χ2n) is 2.77. The molecular formula is C8H15N3O2S. The van der Waals surface area contributed by atoms with E-state index >= 15 is 0 Å². The van der Waals surface area contributed by atoms with Gasteiger partial charge in [-0.2, -0.15) is 0 Å². The molecule has 0 aromatic carbocycles. The van der Waals surface area contributed by atoms with E-state index in [2.05, 4.69) is 19.2 Å². The van der Waals surface area contributed by atoms with Gasteiger partial charge in [0.1, 0.15) is 6.04 Å². The number of rotatable bonds is 5. The van der Waals surface area contributed by atoms with Crippen LogP contribution >= 0.6 is 12.6 Å². The first-order valence-corrected chi connectivity index (χ1v) is 4.36. The highest BCUT2D eigenvalue weighted by atomic mass is 32.1. The Hall–Kier alpha value is -1.14. The van der Waals surface area contributed by atoms with Gasteiger partial charge < -0.3 is 21.5 Å². The molecule has 0 aromatic rings. The average molecular weight is 217 g/mol. The molecule has 0 spiro atoms. The van der Waals surface area contributed by atoms with Crippen molar-refractivity contribution in [2.75, 3.05) is 7.05 Å². The number of carboxylic acid groups (broad SMARTS) is 1. The molecule has 0 heterocycles. The quantitative estimate of drug-likeness (QED) is 0.483. The lowest BCUT2D eigenvalue weighted by Gasteiger charge is -2.20. The van der Waals surface area contributed by atoms with Gasteiger partial charge in [-0.05, 0) is 6.20 Å². The lowest BCUT2D eigenvalue weighted by molar-refractivity contribution is -0.138. The third-order valence-corrected chi connectivity index (χ3v) is 1.98. The molecule has 1 atom stereocenters. The largest absolute Gasteiger partial charge is 0.480 e. The number of aliphatic carboxylic acids is 1. The second-order valence-corrected chi connectivity index (χ2v) is 3.26. The number of thiol groups is 1. The highest BCUT2D eigenvalue weighted by Gasteiger charge is 2.16. The molecule has 5 nitrogen and oxygen atoms in total. The predicted octanol–water partition coefficient (Wildman–Crippen LogP) is -0.0787. The molecule has 0 radical (unpaired) electrons. The van der Waals surface area contributed by atoms with Crippen LogP contribution in [0.1, 0.15) is 6.42 Å². The average Bonchev–Trinajstić information content (AvgIpc) is 2.11. The molecule has 5 N–H and O–H groups in total. The Bertz CT molecular complexity index is 261. The van der Waals surface area contributed by atoms with Gasteiger partial charge >= 0.3 is 5.97 Å². The smallest absolute Gasteiger partial charge is 0.320 e. The van der Waals surface area contributed by atoms with E-state index in [9.17, 15) is 4.79 Å². The van der Waals surface area contributed by atoms with Gasteiger partial charge in [0.05, 0.1) is 5.03 Å². The van der Waals surface area contributed by atoms with Crippen molar-refractivity contribution in [3.63, 3.8) is 0 Å². The van der Waals surface area contributed by atoms with E-state index in [0.717, 1.165) is 0 Å². The fourth-order valence-electron chi connectivity index (χ4n) is 0.835. The number of nitrogens with zero attached hydrogens (tertiary/aromatic N) is 1. The maximum atomic E-state index is 10.5. The van der Waals surface area contributed by atoms with Crippen LogP contribution in [0, 0.1) is 0 Å². The van der Waals surface area contributed by atoms with Crippen molar-refractivity contribution in [2.24, 2.45) is 11.5 Å². The van der Waals surface area contributed by atoms with E-state index in [1.807, 2.05) is 0 Å². The predicted molar refractivity (Wildman–Crippen MR) is 58.4 cm³/mol. The normalized spacial score (nSPS) is 14.2. The Morgan fingerprint density at radius 1 is 1.79 bits per heavy atom. The summed E-state index contributed by atoms with van der Waals surface area (Å²) in [7, 11) is 1.69. The lowest BCUT2D eigenvalue weighted by atomic mass is 10.1. The Kier molecular flexibility index (Phi) is 5.11. The molecular weight excluding hydrogens is 202 g/mol. The summed E-state index contributed by atoms with van der Waals surface area (Å²) in [5.74, 6) is -1.07. The number of carbonyl (C=O) groups is 1. The number of nitrogens with two attached hydrogens (primary N) is 2. The number of carboxylic acids is 1. The van der Waals surface area contributed by atoms with Crippen LogP contribution in [-0.4, -0.2) is 29.1 Å². The summed E-state index contributed by atoms with van der Waals surface area (Å²) in [5, 5.41) is 8.85. The Labute approximate surface area is 88.5 Å². The van der Waals surface area contributed by atoms with Gasteiger partial charge in [-0.15, -0.1) is 12.6 Å². The van der Waals surface area contributed by atoms with Crippen LogP contribution in [0.25, 0.3) is 0 Å². The van der Waals surface area contributed by atoms with Crippen LogP contribution in [0.15, 0.2) is 23.5 Å². The van der Waals surface area contributed by atoms with E-state index in [1.165, 1.54) is 6.20 Å². The van der Waals surface area contributed by atoms with E-state index in [0.29, 0.717) is 5.70 Å². The van der Waals surface area contributed by atoms with Crippen LogP contribution in [0.3, 0.4) is 0 Å². The van der Waals surface area contributed by atoms with Crippen molar-refractivity contribution in [2.45, 2.75) is 12.5 Å². The SMILES string of the molecule is C=CN(C)/C(CC(N)C(=O)O)=C(\N)S. The van der Waals surface area contributed by atoms with Crippen LogP contribution < -0.4 is 11.5 Å². The van der Waals surface area contributed by atoms with E-state index in [1.54, 1.807) is 11.9 Å². The first-order chi connectivity index (χ1) is 6.40. The zero-order valence-electron chi connectivity index (χ0n) is 7.97. The van der Waals surface area contributed by atoms with Crippen molar-refractivity contribution in [1.29, 1.82) is 0 Å². The van der Waals surface area contributed by atoms with Crippen molar-refractivity contribution in [3.8, 4) is 0 Å². The molecule has 6 heteroatoms. The van der Waals surface area contributed by atoms with Gasteiger partial charge in [-0.25, -0.2) is 0 Å². The minimum Gasteiger partial charge on any atom is -0.480 e. The topological polar surface area (TPSA) is 92.6 Å². The number of hydrogen-bond donors (Lipinski definition) is 4. The maximum absolute atomic E-state index is 10.5. The molecule has 0 saturated heterocycles. The van der Waals surface area contributed by atoms with Gasteiger partial charge in [-0.1, -0.05) is 6.58 Å². The summed E-state index contributed by atoms with van der Waals surface area (Å²) >= 11 is 3.95. The van der Waals surface area contributed by atoms with Crippen LogP contribution in [0.4, 0.5) is 0 Å². The summed E-state index contributed by atoms with van der Waals surface area (Å²) in [6, 6.07) is -0.988. The molecule has 0 rings (SSSR count). The lowest BCUT2D eigenvalue weighted by Crippen LogP contribution is -2.33. The Balaban J connectivity index is 4.65. The molecule has 0 aliphatic rings. The summed E-state index contributed by atoms with van der Waals surface area (Å²) in [5.41, 5.74) is 11.4. The molecule has 0 aromatic heterocycles. The first-order valence-electron chi connectivity index (χ1n) is 3.91. The third-order valence-electron chi connectivity index (χ3n) is 1.73. The van der Waals surface area contributed by atoms with Gasteiger partial charge in [0.2, 0.25) is 0 Å². The molecule has 0 aliphatic carbocycles. The highest BCUT2D eigenvalue weighted by Crippen LogP contribution is 2.14. The first kappa shape index (κ1) is 12.9. The van der Waals surface area contributed by atoms with Gasteiger partial charge in [-0.3, -0.25) is 4.79 Å². The zero-order chi connectivity index (χ0) is 11.3. The Morgan fingerprint density at radius 3 is 2.57 bits per heavy atom. The molecule has 1 unspecified atom stereocenters. The van der Waals surface area contributed by atoms with E-state index in [4.69, 9.17) is 16.6 Å². The van der Waals surface area contributed by atoms with Gasteiger partial charge in [0.15, 0.2) is 0 Å². The minimum atomic E-state index is -1.07. The summed E-state index contributed by atoms with van der Waals surface area (Å²) in [6.45, 7) is 3.53. The molecule has 0 bridgehead atoms. The minimum absolute atomic E-state index is 0.118. The Morgan fingerprint density at radius 2 is 2.29 bits per heavy atom. The van der Waals surface area contributed by atoms with E-state index < -0.39 is 12.0 Å². The van der Waals surface area contributed by atoms with Gasteiger partial charge in [0.25, 0.3) is 0 Å². The summed E-state index contributed by atoms with van der Waals surface area (Å²) in [6.07, 6.45) is 1.63.